The lowest BCUT2D eigenvalue weighted by Gasteiger charge is -2.14. The molecule has 2 heterocycles. The smallest absolute Gasteiger partial charge is 0.229 e. The molecule has 0 spiro atoms. The Morgan fingerprint density at radius 3 is 2.83 bits per heavy atom. The molecule has 7 nitrogen and oxygen atoms in total. The molecular weight excluding hydrogens is 306 g/mol. The van der Waals surface area contributed by atoms with E-state index in [2.05, 4.69) is 27.1 Å². The number of hydrogen-bond acceptors (Lipinski definition) is 4. The van der Waals surface area contributed by atoms with Gasteiger partial charge in [-0.3, -0.25) is 14.7 Å². The van der Waals surface area contributed by atoms with Crippen LogP contribution >= 0.6 is 0 Å². The van der Waals surface area contributed by atoms with Crippen LogP contribution in [0.3, 0.4) is 0 Å². The maximum Gasteiger partial charge on any atom is 0.229 e. The highest BCUT2D eigenvalue weighted by Crippen LogP contribution is 2.21. The number of anilines is 1. The number of amides is 2. The summed E-state index contributed by atoms with van der Waals surface area (Å²) in [5.41, 5.74) is 1.55. The summed E-state index contributed by atoms with van der Waals surface area (Å²) in [5, 5.41) is 9.75. The summed E-state index contributed by atoms with van der Waals surface area (Å²) in [6.45, 7) is 6.38. The fraction of sp³-hybridized carbons (Fsp3) is 0.294. The number of aromatic nitrogens is 3. The number of nitrogens with one attached hydrogen (secondary N) is 2. The van der Waals surface area contributed by atoms with E-state index in [-0.39, 0.29) is 24.2 Å². The molecule has 2 N–H and O–H groups in total. The van der Waals surface area contributed by atoms with E-state index in [4.69, 9.17) is 0 Å². The Labute approximate surface area is 139 Å². The minimum absolute atomic E-state index is 0.00891. The van der Waals surface area contributed by atoms with Crippen LogP contribution in [-0.4, -0.2) is 45.0 Å². The Morgan fingerprint density at radius 2 is 2.21 bits per heavy atom. The Bertz CT molecular complexity index is 766. The summed E-state index contributed by atoms with van der Waals surface area (Å²) < 4.78 is 0. The van der Waals surface area contributed by atoms with E-state index >= 15 is 0 Å². The van der Waals surface area contributed by atoms with Crippen LogP contribution in [0.5, 0.6) is 0 Å². The Morgan fingerprint density at radius 1 is 1.46 bits per heavy atom. The molecule has 1 aliphatic heterocycles. The number of likely N-dealkylation sites (tertiary alicyclic amines) is 1. The topological polar surface area (TPSA) is 91.0 Å². The predicted octanol–water partition coefficient (Wildman–Crippen LogP) is 1.75. The maximum atomic E-state index is 12.3. The largest absolute Gasteiger partial charge is 0.338 e. The van der Waals surface area contributed by atoms with E-state index < -0.39 is 0 Å². The van der Waals surface area contributed by atoms with E-state index in [9.17, 15) is 9.59 Å². The maximum absolute atomic E-state index is 12.3. The molecule has 24 heavy (non-hydrogen) atoms. The summed E-state index contributed by atoms with van der Waals surface area (Å²) in [6.07, 6.45) is 1.91. The van der Waals surface area contributed by atoms with Crippen LogP contribution < -0.4 is 5.32 Å². The van der Waals surface area contributed by atoms with Crippen molar-refractivity contribution in [3.63, 3.8) is 0 Å². The van der Waals surface area contributed by atoms with Gasteiger partial charge in [0.15, 0.2) is 5.82 Å². The lowest BCUT2D eigenvalue weighted by atomic mass is 10.1. The Hall–Kier alpha value is -2.96. The molecule has 1 aliphatic rings. The van der Waals surface area contributed by atoms with Gasteiger partial charge in [0, 0.05) is 30.8 Å². The van der Waals surface area contributed by atoms with E-state index in [1.807, 2.05) is 19.1 Å². The summed E-state index contributed by atoms with van der Waals surface area (Å²) >= 11 is 0. The van der Waals surface area contributed by atoms with Crippen LogP contribution in [0, 0.1) is 12.8 Å². The second-order valence-electron chi connectivity index (χ2n) is 5.80. The molecule has 1 fully saturated rings. The molecule has 1 aromatic carbocycles. The Kier molecular flexibility index (Phi) is 4.41. The minimum atomic E-state index is -0.326. The first-order valence-electron chi connectivity index (χ1n) is 7.76. The molecule has 0 saturated carbocycles. The number of hydrogen-bond donors (Lipinski definition) is 2. The summed E-state index contributed by atoms with van der Waals surface area (Å²) in [7, 11) is 0. The first-order chi connectivity index (χ1) is 11.6. The fourth-order valence-corrected chi connectivity index (χ4v) is 2.70. The third kappa shape index (κ3) is 3.34. The van der Waals surface area contributed by atoms with E-state index in [0.717, 1.165) is 11.4 Å². The van der Waals surface area contributed by atoms with Gasteiger partial charge in [-0.25, -0.2) is 4.98 Å². The quantitative estimate of drug-likeness (QED) is 0.819. The summed E-state index contributed by atoms with van der Waals surface area (Å²) in [6, 6.07) is 7.30. The highest BCUT2D eigenvalue weighted by molar-refractivity contribution is 5.97. The van der Waals surface area contributed by atoms with Crippen LogP contribution in [0.2, 0.25) is 0 Å². The molecule has 2 amide bonds. The van der Waals surface area contributed by atoms with E-state index in [1.165, 1.54) is 0 Å². The second kappa shape index (κ2) is 6.66. The third-order valence-corrected chi connectivity index (χ3v) is 3.94. The number of aryl methyl sites for hydroxylation is 1. The molecule has 124 valence electrons. The molecule has 1 aromatic heterocycles. The first kappa shape index (κ1) is 15.9. The molecule has 1 saturated heterocycles. The van der Waals surface area contributed by atoms with Crippen LogP contribution in [0.15, 0.2) is 36.9 Å². The second-order valence-corrected chi connectivity index (χ2v) is 5.80. The zero-order valence-corrected chi connectivity index (χ0v) is 13.5. The SMILES string of the molecule is C=CCN1CC(C(=O)Nc2ccc(-c3n[nH]c(C)n3)cc2)CC1=O. The fourth-order valence-electron chi connectivity index (χ4n) is 2.70. The summed E-state index contributed by atoms with van der Waals surface area (Å²) in [4.78, 5) is 30.0. The van der Waals surface area contributed by atoms with Gasteiger partial charge in [-0.2, -0.15) is 5.10 Å². The average molecular weight is 325 g/mol. The number of H-pyrrole nitrogens is 1. The Balaban J connectivity index is 1.63. The van der Waals surface area contributed by atoms with Gasteiger partial charge in [-0.05, 0) is 31.2 Å². The molecule has 2 aromatic rings. The average Bonchev–Trinajstić information content (AvgIpc) is 3.15. The molecular formula is C17H19N5O2. The molecule has 0 radical (unpaired) electrons. The zero-order valence-electron chi connectivity index (χ0n) is 13.5. The van der Waals surface area contributed by atoms with Crippen molar-refractivity contribution in [3.8, 4) is 11.4 Å². The van der Waals surface area contributed by atoms with Crippen molar-refractivity contribution in [3.05, 3.63) is 42.7 Å². The standard InChI is InChI=1S/C17H19N5O2/c1-3-8-22-10-13(9-15(22)23)17(24)19-14-6-4-12(5-7-14)16-18-11(2)20-21-16/h3-7,13H,1,8-10H2,2H3,(H,19,24)(H,18,20,21). The predicted molar refractivity (Wildman–Crippen MR) is 90.1 cm³/mol. The van der Waals surface area contributed by atoms with Crippen molar-refractivity contribution >= 4 is 17.5 Å². The number of nitrogens with zero attached hydrogens (tertiary/aromatic N) is 3. The molecule has 3 rings (SSSR count). The lowest BCUT2D eigenvalue weighted by Crippen LogP contribution is -2.28. The van der Waals surface area contributed by atoms with Gasteiger partial charge >= 0.3 is 0 Å². The number of carbonyl (C=O) groups excluding carboxylic acids is 2. The molecule has 7 heteroatoms. The van der Waals surface area contributed by atoms with Crippen LogP contribution in [-0.2, 0) is 9.59 Å². The van der Waals surface area contributed by atoms with Crippen LogP contribution in [0.4, 0.5) is 5.69 Å². The van der Waals surface area contributed by atoms with Crippen LogP contribution in [0.1, 0.15) is 12.2 Å². The van der Waals surface area contributed by atoms with Gasteiger partial charge < -0.3 is 10.2 Å². The van der Waals surface area contributed by atoms with Gasteiger partial charge in [0.05, 0.1) is 5.92 Å². The van der Waals surface area contributed by atoms with Crippen molar-refractivity contribution in [1.29, 1.82) is 0 Å². The minimum Gasteiger partial charge on any atom is -0.338 e. The van der Waals surface area contributed by atoms with Crippen molar-refractivity contribution in [2.24, 2.45) is 5.92 Å². The summed E-state index contributed by atoms with van der Waals surface area (Å²) in [5.74, 6) is 0.888. The van der Waals surface area contributed by atoms with Crippen molar-refractivity contribution in [2.45, 2.75) is 13.3 Å². The van der Waals surface area contributed by atoms with Gasteiger partial charge in [-0.1, -0.05) is 6.08 Å². The van der Waals surface area contributed by atoms with Gasteiger partial charge in [0.2, 0.25) is 11.8 Å². The zero-order chi connectivity index (χ0) is 17.1. The number of aromatic amines is 1. The van der Waals surface area contributed by atoms with Gasteiger partial charge in [0.1, 0.15) is 5.82 Å². The highest BCUT2D eigenvalue weighted by Gasteiger charge is 2.33. The van der Waals surface area contributed by atoms with Crippen molar-refractivity contribution < 1.29 is 9.59 Å². The number of benzene rings is 1. The van der Waals surface area contributed by atoms with Crippen LogP contribution in [0.25, 0.3) is 11.4 Å². The van der Waals surface area contributed by atoms with Crippen molar-refractivity contribution in [2.75, 3.05) is 18.4 Å². The van der Waals surface area contributed by atoms with Gasteiger partial charge in [-0.15, -0.1) is 6.58 Å². The third-order valence-electron chi connectivity index (χ3n) is 3.94. The lowest BCUT2D eigenvalue weighted by molar-refractivity contribution is -0.127. The number of rotatable bonds is 5. The first-order valence-corrected chi connectivity index (χ1v) is 7.76. The van der Waals surface area contributed by atoms with E-state index in [0.29, 0.717) is 24.6 Å². The monoisotopic (exact) mass is 325 g/mol. The van der Waals surface area contributed by atoms with Crippen molar-refractivity contribution in [1.82, 2.24) is 20.1 Å². The highest BCUT2D eigenvalue weighted by atomic mass is 16.2. The molecule has 1 unspecified atom stereocenters. The normalized spacial score (nSPS) is 17.1. The molecule has 0 aliphatic carbocycles. The number of carbonyl (C=O) groups is 2. The van der Waals surface area contributed by atoms with E-state index in [1.54, 1.807) is 23.1 Å². The van der Waals surface area contributed by atoms with Gasteiger partial charge in [0.25, 0.3) is 0 Å². The molecule has 0 bridgehead atoms. The molecule has 1 atom stereocenters.